The summed E-state index contributed by atoms with van der Waals surface area (Å²) in [6.07, 6.45) is 2.85. The molecule has 0 aromatic carbocycles. The predicted octanol–water partition coefficient (Wildman–Crippen LogP) is 3.82. The lowest BCUT2D eigenvalue weighted by Crippen LogP contribution is -2.48. The van der Waals surface area contributed by atoms with Crippen LogP contribution in [-0.2, 0) is 0 Å². The molecule has 1 saturated heterocycles. The summed E-state index contributed by atoms with van der Waals surface area (Å²) in [6.45, 7) is 6.01. The van der Waals surface area contributed by atoms with Gasteiger partial charge in [-0.3, -0.25) is 0 Å². The molecule has 0 aromatic heterocycles. The van der Waals surface area contributed by atoms with Crippen molar-refractivity contribution in [3.05, 3.63) is 0 Å². The Morgan fingerprint density at radius 3 is 2.52 bits per heavy atom. The zero-order chi connectivity index (χ0) is 15.3. The second-order valence-corrected chi connectivity index (χ2v) is 7.00. The molecule has 1 unspecified atom stereocenters. The summed E-state index contributed by atoms with van der Waals surface area (Å²) in [5.74, 6) is -1.12. The van der Waals surface area contributed by atoms with Gasteiger partial charge in [-0.2, -0.15) is 13.2 Å². The monoisotopic (exact) mass is 306 g/mol. The molecule has 124 valence electrons. The van der Waals surface area contributed by atoms with E-state index in [1.807, 2.05) is 0 Å². The molecule has 1 atom stereocenters. The standard InChI is InChI=1S/C16H29F3N2/c1-2-9-20-12-15(7-3-4-8-15)13-21-10-5-6-14(11-21)16(17,18)19/h14,20H,2-13H2,1H3. The van der Waals surface area contributed by atoms with Crippen LogP contribution in [0.25, 0.3) is 0 Å². The summed E-state index contributed by atoms with van der Waals surface area (Å²) in [4.78, 5) is 2.08. The number of nitrogens with zero attached hydrogens (tertiary/aromatic N) is 1. The first-order chi connectivity index (χ1) is 9.95. The minimum Gasteiger partial charge on any atom is -0.316 e. The molecule has 2 rings (SSSR count). The lowest BCUT2D eigenvalue weighted by atomic mass is 9.84. The Morgan fingerprint density at radius 2 is 1.90 bits per heavy atom. The van der Waals surface area contributed by atoms with Gasteiger partial charge in [-0.1, -0.05) is 19.8 Å². The second-order valence-electron chi connectivity index (χ2n) is 7.00. The van der Waals surface area contributed by atoms with Gasteiger partial charge in [0.1, 0.15) is 0 Å². The van der Waals surface area contributed by atoms with E-state index in [1.165, 1.54) is 12.8 Å². The molecule has 0 bridgehead atoms. The molecule has 0 spiro atoms. The van der Waals surface area contributed by atoms with E-state index in [0.717, 1.165) is 45.4 Å². The molecule has 1 N–H and O–H groups in total. The highest BCUT2D eigenvalue weighted by Gasteiger charge is 2.43. The number of hydrogen-bond acceptors (Lipinski definition) is 2. The van der Waals surface area contributed by atoms with Gasteiger partial charge in [0.2, 0.25) is 0 Å². The summed E-state index contributed by atoms with van der Waals surface area (Å²) in [5.41, 5.74) is 0.211. The van der Waals surface area contributed by atoms with E-state index in [1.54, 1.807) is 0 Å². The first kappa shape index (κ1) is 17.1. The van der Waals surface area contributed by atoms with Gasteiger partial charge >= 0.3 is 6.18 Å². The molecule has 2 aliphatic rings. The molecule has 2 nitrogen and oxygen atoms in total. The molecule has 2 fully saturated rings. The van der Waals surface area contributed by atoms with Gasteiger partial charge in [0.15, 0.2) is 0 Å². The van der Waals surface area contributed by atoms with Crippen LogP contribution in [0.15, 0.2) is 0 Å². The molecule has 1 saturated carbocycles. The van der Waals surface area contributed by atoms with Crippen molar-refractivity contribution in [2.45, 2.75) is 58.0 Å². The van der Waals surface area contributed by atoms with E-state index in [2.05, 4.69) is 17.1 Å². The number of nitrogens with one attached hydrogen (secondary N) is 1. The highest BCUT2D eigenvalue weighted by atomic mass is 19.4. The molecular weight excluding hydrogens is 277 g/mol. The first-order valence-electron chi connectivity index (χ1n) is 8.45. The van der Waals surface area contributed by atoms with Crippen LogP contribution in [0, 0.1) is 11.3 Å². The van der Waals surface area contributed by atoms with E-state index in [0.29, 0.717) is 12.8 Å². The smallest absolute Gasteiger partial charge is 0.316 e. The van der Waals surface area contributed by atoms with E-state index in [4.69, 9.17) is 0 Å². The number of halogens is 3. The minimum absolute atomic E-state index is 0.207. The Balaban J connectivity index is 1.90. The van der Waals surface area contributed by atoms with Crippen molar-refractivity contribution in [1.29, 1.82) is 0 Å². The van der Waals surface area contributed by atoms with Gasteiger partial charge < -0.3 is 10.2 Å². The van der Waals surface area contributed by atoms with E-state index >= 15 is 0 Å². The fraction of sp³-hybridized carbons (Fsp3) is 1.00. The summed E-state index contributed by atoms with van der Waals surface area (Å²) >= 11 is 0. The van der Waals surface area contributed by atoms with Crippen molar-refractivity contribution in [2.75, 3.05) is 32.7 Å². The topological polar surface area (TPSA) is 15.3 Å². The van der Waals surface area contributed by atoms with Crippen LogP contribution in [0.2, 0.25) is 0 Å². The Bertz CT molecular complexity index is 311. The maximum atomic E-state index is 12.9. The Morgan fingerprint density at radius 1 is 1.19 bits per heavy atom. The summed E-state index contributed by atoms with van der Waals surface area (Å²) in [6, 6.07) is 0. The van der Waals surface area contributed by atoms with Gasteiger partial charge in [-0.15, -0.1) is 0 Å². The molecule has 21 heavy (non-hydrogen) atoms. The third-order valence-corrected chi connectivity index (χ3v) is 5.12. The molecule has 1 aliphatic carbocycles. The van der Waals surface area contributed by atoms with Crippen molar-refractivity contribution in [1.82, 2.24) is 10.2 Å². The van der Waals surface area contributed by atoms with Crippen LogP contribution < -0.4 is 5.32 Å². The lowest BCUT2D eigenvalue weighted by Gasteiger charge is -2.40. The summed E-state index contributed by atoms with van der Waals surface area (Å²) in [5, 5.41) is 3.50. The van der Waals surface area contributed by atoms with Gasteiger partial charge in [-0.25, -0.2) is 0 Å². The fourth-order valence-electron chi connectivity index (χ4n) is 3.99. The molecule has 1 heterocycles. The molecule has 1 aliphatic heterocycles. The fourth-order valence-corrected chi connectivity index (χ4v) is 3.99. The van der Waals surface area contributed by atoms with E-state index in [9.17, 15) is 13.2 Å². The van der Waals surface area contributed by atoms with Crippen molar-refractivity contribution in [2.24, 2.45) is 11.3 Å². The zero-order valence-electron chi connectivity index (χ0n) is 13.1. The Labute approximate surface area is 126 Å². The summed E-state index contributed by atoms with van der Waals surface area (Å²) < 4.78 is 38.8. The quantitative estimate of drug-likeness (QED) is 0.751. The number of alkyl halides is 3. The van der Waals surface area contributed by atoms with E-state index in [-0.39, 0.29) is 12.0 Å². The van der Waals surface area contributed by atoms with Crippen molar-refractivity contribution < 1.29 is 13.2 Å². The number of hydrogen-bond donors (Lipinski definition) is 1. The normalized spacial score (nSPS) is 27.1. The van der Waals surface area contributed by atoms with Crippen LogP contribution in [0.4, 0.5) is 13.2 Å². The zero-order valence-corrected chi connectivity index (χ0v) is 13.1. The molecular formula is C16H29F3N2. The number of rotatable bonds is 6. The highest BCUT2D eigenvalue weighted by Crippen LogP contribution is 2.40. The SMILES string of the molecule is CCCNCC1(CN2CCCC(C(F)(F)F)C2)CCCC1. The Hall–Kier alpha value is -0.290. The van der Waals surface area contributed by atoms with Crippen LogP contribution in [0.1, 0.15) is 51.9 Å². The lowest BCUT2D eigenvalue weighted by molar-refractivity contribution is -0.187. The number of likely N-dealkylation sites (tertiary alicyclic amines) is 1. The van der Waals surface area contributed by atoms with Gasteiger partial charge in [0, 0.05) is 19.6 Å². The largest absolute Gasteiger partial charge is 0.393 e. The minimum atomic E-state index is -4.03. The number of piperidine rings is 1. The van der Waals surface area contributed by atoms with Gasteiger partial charge in [0.05, 0.1) is 5.92 Å². The molecule has 5 heteroatoms. The maximum absolute atomic E-state index is 12.9. The molecule has 0 radical (unpaired) electrons. The van der Waals surface area contributed by atoms with Crippen molar-refractivity contribution in [3.63, 3.8) is 0 Å². The van der Waals surface area contributed by atoms with Crippen LogP contribution >= 0.6 is 0 Å². The molecule has 0 amide bonds. The average molecular weight is 306 g/mol. The maximum Gasteiger partial charge on any atom is 0.393 e. The predicted molar refractivity (Wildman–Crippen MR) is 79.3 cm³/mol. The third-order valence-electron chi connectivity index (χ3n) is 5.12. The van der Waals surface area contributed by atoms with Crippen molar-refractivity contribution in [3.8, 4) is 0 Å². The van der Waals surface area contributed by atoms with Crippen molar-refractivity contribution >= 4 is 0 Å². The highest BCUT2D eigenvalue weighted by molar-refractivity contribution is 4.91. The first-order valence-corrected chi connectivity index (χ1v) is 8.45. The average Bonchev–Trinajstić information content (AvgIpc) is 2.87. The molecule has 0 aromatic rings. The Kier molecular flexibility index (Phi) is 5.95. The van der Waals surface area contributed by atoms with Crippen LogP contribution in [0.3, 0.4) is 0 Å². The van der Waals surface area contributed by atoms with Gasteiger partial charge in [-0.05, 0) is 50.6 Å². The van der Waals surface area contributed by atoms with Gasteiger partial charge in [0.25, 0.3) is 0 Å². The van der Waals surface area contributed by atoms with E-state index < -0.39 is 12.1 Å². The van der Waals surface area contributed by atoms with Crippen LogP contribution in [-0.4, -0.2) is 43.8 Å². The third kappa shape index (κ3) is 4.85. The summed E-state index contributed by atoms with van der Waals surface area (Å²) in [7, 11) is 0. The van der Waals surface area contributed by atoms with Crippen LogP contribution in [0.5, 0.6) is 0 Å². The second kappa shape index (κ2) is 7.32.